The van der Waals surface area contributed by atoms with Crippen molar-refractivity contribution < 1.29 is 17.9 Å². The summed E-state index contributed by atoms with van der Waals surface area (Å²) in [4.78, 5) is 12.4. The lowest BCUT2D eigenvalue weighted by Gasteiger charge is -2.23. The Balaban J connectivity index is 1.58. The Labute approximate surface area is 189 Å². The van der Waals surface area contributed by atoms with Gasteiger partial charge in [0.25, 0.3) is 5.91 Å². The molecule has 3 rings (SSSR count). The molecule has 1 amide bonds. The van der Waals surface area contributed by atoms with Gasteiger partial charge >= 0.3 is 0 Å². The van der Waals surface area contributed by atoms with Crippen molar-refractivity contribution in [3.63, 3.8) is 0 Å². The van der Waals surface area contributed by atoms with Crippen LogP contribution >= 0.6 is 0 Å². The summed E-state index contributed by atoms with van der Waals surface area (Å²) >= 11 is 0. The zero-order chi connectivity index (χ0) is 23.1. The molecule has 0 aromatic heterocycles. The Kier molecular flexibility index (Phi) is 7.53. The van der Waals surface area contributed by atoms with Crippen LogP contribution in [0.1, 0.15) is 27.0 Å². The summed E-state index contributed by atoms with van der Waals surface area (Å²) in [6, 6.07) is 22.0. The van der Waals surface area contributed by atoms with Crippen LogP contribution in [0.25, 0.3) is 0 Å². The number of anilines is 1. The van der Waals surface area contributed by atoms with Crippen LogP contribution in [0.2, 0.25) is 0 Å². The second-order valence-corrected chi connectivity index (χ2v) is 9.63. The molecule has 0 bridgehead atoms. The lowest BCUT2D eigenvalue weighted by atomic mass is 10.1. The summed E-state index contributed by atoms with van der Waals surface area (Å²) in [6.07, 6.45) is 1.19. The Morgan fingerprint density at radius 3 is 2.22 bits per heavy atom. The normalized spacial score (nSPS) is 11.1. The number of amides is 1. The zero-order valence-electron chi connectivity index (χ0n) is 18.5. The summed E-state index contributed by atoms with van der Waals surface area (Å²) in [5, 5.41) is 2.83. The minimum atomic E-state index is -3.46. The molecule has 0 aliphatic heterocycles. The highest BCUT2D eigenvalue weighted by Gasteiger charge is 2.18. The summed E-state index contributed by atoms with van der Waals surface area (Å²) in [6.45, 7) is 4.85. The molecule has 3 aromatic rings. The summed E-state index contributed by atoms with van der Waals surface area (Å²) in [5.74, 6) is 0.565. The van der Waals surface area contributed by atoms with Crippen molar-refractivity contribution in [3.8, 4) is 5.75 Å². The maximum atomic E-state index is 12.4. The lowest BCUT2D eigenvalue weighted by molar-refractivity contribution is 0.0947. The number of hydrogen-bond acceptors (Lipinski definition) is 4. The van der Waals surface area contributed by atoms with Gasteiger partial charge in [0.05, 0.1) is 25.0 Å². The van der Waals surface area contributed by atoms with Crippen LogP contribution in [-0.4, -0.2) is 33.7 Å². The predicted octanol–water partition coefficient (Wildman–Crippen LogP) is 4.08. The molecule has 7 heteroatoms. The smallest absolute Gasteiger partial charge is 0.251 e. The molecule has 0 unspecified atom stereocenters. The van der Waals surface area contributed by atoms with Crippen molar-refractivity contribution in [3.05, 3.63) is 95.1 Å². The number of aryl methyl sites for hydroxylation is 2. The first-order valence-electron chi connectivity index (χ1n) is 10.3. The van der Waals surface area contributed by atoms with Gasteiger partial charge in [0.1, 0.15) is 12.4 Å². The van der Waals surface area contributed by atoms with E-state index in [0.29, 0.717) is 24.4 Å². The fraction of sp³-hybridized carbons (Fsp3) is 0.240. The van der Waals surface area contributed by atoms with E-state index in [1.165, 1.54) is 10.6 Å². The van der Waals surface area contributed by atoms with Gasteiger partial charge in [-0.2, -0.15) is 0 Å². The third kappa shape index (κ3) is 6.59. The van der Waals surface area contributed by atoms with Gasteiger partial charge < -0.3 is 10.1 Å². The number of carbonyl (C=O) groups excluding carboxylic acids is 1. The predicted molar refractivity (Wildman–Crippen MR) is 128 cm³/mol. The monoisotopic (exact) mass is 452 g/mol. The van der Waals surface area contributed by atoms with Gasteiger partial charge in [0.2, 0.25) is 10.0 Å². The van der Waals surface area contributed by atoms with Gasteiger partial charge in [-0.1, -0.05) is 36.4 Å². The van der Waals surface area contributed by atoms with E-state index < -0.39 is 10.0 Å². The molecule has 0 heterocycles. The molecule has 3 aromatic carbocycles. The van der Waals surface area contributed by atoms with E-state index in [0.717, 1.165) is 22.4 Å². The van der Waals surface area contributed by atoms with E-state index in [9.17, 15) is 13.2 Å². The van der Waals surface area contributed by atoms with Crippen molar-refractivity contribution in [2.24, 2.45) is 0 Å². The first-order valence-corrected chi connectivity index (χ1v) is 12.2. The third-order valence-electron chi connectivity index (χ3n) is 4.88. The van der Waals surface area contributed by atoms with Gasteiger partial charge in [-0.15, -0.1) is 0 Å². The van der Waals surface area contributed by atoms with Crippen LogP contribution in [-0.2, 0) is 16.6 Å². The number of rotatable bonds is 9. The Bertz CT molecular complexity index is 1170. The number of hydrogen-bond donors (Lipinski definition) is 1. The quantitative estimate of drug-likeness (QED) is 0.497. The standard InChI is InChI=1S/C25H28N2O4S/c1-19-6-4-8-23(16-19)27(32(3,29)30)18-21-10-12-22(13-11-21)25(28)26-14-15-31-24-9-5-7-20(2)17-24/h4-13,16-17H,14-15,18H2,1-3H3,(H,26,28). The molecular formula is C25H28N2O4S. The van der Waals surface area contributed by atoms with E-state index in [1.807, 2.05) is 56.3 Å². The highest BCUT2D eigenvalue weighted by Crippen LogP contribution is 2.22. The SMILES string of the molecule is Cc1cccc(OCCNC(=O)c2ccc(CN(c3cccc(C)c3)S(C)(=O)=O)cc2)c1. The van der Waals surface area contributed by atoms with Crippen LogP contribution < -0.4 is 14.4 Å². The largest absolute Gasteiger partial charge is 0.492 e. The molecule has 0 atom stereocenters. The molecule has 0 saturated heterocycles. The molecule has 0 radical (unpaired) electrons. The molecule has 0 saturated carbocycles. The summed E-state index contributed by atoms with van der Waals surface area (Å²) in [7, 11) is -3.46. The fourth-order valence-electron chi connectivity index (χ4n) is 3.25. The maximum Gasteiger partial charge on any atom is 0.251 e. The average Bonchev–Trinajstić information content (AvgIpc) is 2.74. The minimum absolute atomic E-state index is 0.189. The number of benzene rings is 3. The number of carbonyl (C=O) groups is 1. The Hall–Kier alpha value is -3.32. The number of nitrogens with one attached hydrogen (secondary N) is 1. The molecule has 6 nitrogen and oxygen atoms in total. The van der Waals surface area contributed by atoms with Crippen molar-refractivity contribution in [2.45, 2.75) is 20.4 Å². The van der Waals surface area contributed by atoms with Crippen LogP contribution in [0.3, 0.4) is 0 Å². The van der Waals surface area contributed by atoms with Crippen molar-refractivity contribution >= 4 is 21.6 Å². The lowest BCUT2D eigenvalue weighted by Crippen LogP contribution is -2.29. The fourth-order valence-corrected chi connectivity index (χ4v) is 4.13. The zero-order valence-corrected chi connectivity index (χ0v) is 19.4. The van der Waals surface area contributed by atoms with Crippen LogP contribution in [0.15, 0.2) is 72.8 Å². The minimum Gasteiger partial charge on any atom is -0.492 e. The number of sulfonamides is 1. The average molecular weight is 453 g/mol. The first-order chi connectivity index (χ1) is 15.2. The number of ether oxygens (including phenoxy) is 1. The summed E-state index contributed by atoms with van der Waals surface area (Å²) in [5.41, 5.74) is 4.00. The second kappa shape index (κ2) is 10.3. The highest BCUT2D eigenvalue weighted by molar-refractivity contribution is 7.92. The maximum absolute atomic E-state index is 12.4. The van der Waals surface area contributed by atoms with Gasteiger partial charge in [-0.3, -0.25) is 9.10 Å². The molecule has 0 spiro atoms. The Morgan fingerprint density at radius 1 is 0.938 bits per heavy atom. The van der Waals surface area contributed by atoms with E-state index >= 15 is 0 Å². The summed E-state index contributed by atoms with van der Waals surface area (Å²) < 4.78 is 31.7. The molecule has 0 aliphatic rings. The Morgan fingerprint density at radius 2 is 1.59 bits per heavy atom. The molecule has 0 fully saturated rings. The van der Waals surface area contributed by atoms with E-state index in [4.69, 9.17) is 4.74 Å². The topological polar surface area (TPSA) is 75.7 Å². The molecule has 32 heavy (non-hydrogen) atoms. The van der Waals surface area contributed by atoms with Gasteiger partial charge in [0, 0.05) is 5.56 Å². The van der Waals surface area contributed by atoms with E-state index in [1.54, 1.807) is 30.3 Å². The van der Waals surface area contributed by atoms with Gasteiger partial charge in [-0.25, -0.2) is 8.42 Å². The first kappa shape index (κ1) is 23.3. The van der Waals surface area contributed by atoms with Crippen LogP contribution in [0.5, 0.6) is 5.75 Å². The van der Waals surface area contributed by atoms with Gasteiger partial charge in [0.15, 0.2) is 0 Å². The van der Waals surface area contributed by atoms with E-state index in [2.05, 4.69) is 5.32 Å². The van der Waals surface area contributed by atoms with Crippen LogP contribution in [0.4, 0.5) is 5.69 Å². The molecular weight excluding hydrogens is 424 g/mol. The highest BCUT2D eigenvalue weighted by atomic mass is 32.2. The van der Waals surface area contributed by atoms with Crippen molar-refractivity contribution in [1.29, 1.82) is 0 Å². The van der Waals surface area contributed by atoms with Crippen LogP contribution in [0, 0.1) is 13.8 Å². The molecule has 0 aliphatic carbocycles. The molecule has 168 valence electrons. The van der Waals surface area contributed by atoms with E-state index in [-0.39, 0.29) is 12.5 Å². The van der Waals surface area contributed by atoms with Gasteiger partial charge in [-0.05, 0) is 66.9 Å². The third-order valence-corrected chi connectivity index (χ3v) is 6.02. The number of nitrogens with zero attached hydrogens (tertiary/aromatic N) is 1. The van der Waals surface area contributed by atoms with Crippen molar-refractivity contribution in [1.82, 2.24) is 5.32 Å². The second-order valence-electron chi connectivity index (χ2n) is 7.73. The molecule has 1 N–H and O–H groups in total. The van der Waals surface area contributed by atoms with Crippen molar-refractivity contribution in [2.75, 3.05) is 23.7 Å².